The van der Waals surface area contributed by atoms with E-state index in [4.69, 9.17) is 21.5 Å². The summed E-state index contributed by atoms with van der Waals surface area (Å²) in [5, 5.41) is 21.2. The first-order valence-electron chi connectivity index (χ1n) is 17.0. The Hall–Kier alpha value is -4.49. The number of rotatable bonds is 9. The van der Waals surface area contributed by atoms with Gasteiger partial charge in [-0.15, -0.1) is 0 Å². The minimum absolute atomic E-state index is 0.0101. The molecule has 10 heteroatoms. The van der Waals surface area contributed by atoms with Crippen molar-refractivity contribution in [1.29, 1.82) is 5.26 Å². The van der Waals surface area contributed by atoms with Gasteiger partial charge in [0.15, 0.2) is 5.82 Å². The highest BCUT2D eigenvalue weighted by atomic mass is 16.2. The Morgan fingerprint density at radius 3 is 2.66 bits per heavy atom. The minimum atomic E-state index is -0.579. The van der Waals surface area contributed by atoms with Crippen molar-refractivity contribution < 1.29 is 9.59 Å². The third-order valence-corrected chi connectivity index (χ3v) is 11.5. The van der Waals surface area contributed by atoms with E-state index in [1.54, 1.807) is 4.90 Å². The minimum Gasteiger partial charge on any atom is -0.402 e. The van der Waals surface area contributed by atoms with Gasteiger partial charge in [-0.2, -0.15) is 10.4 Å². The molecular formula is C37H44N8O2. The summed E-state index contributed by atoms with van der Waals surface area (Å²) in [5.41, 5.74) is 17.0. The molecule has 7 atom stereocenters. The lowest BCUT2D eigenvalue weighted by Crippen LogP contribution is -2.47. The second-order valence-corrected chi connectivity index (χ2v) is 14.2. The first-order valence-corrected chi connectivity index (χ1v) is 17.0. The highest BCUT2D eigenvalue weighted by Gasteiger charge is 2.54. The van der Waals surface area contributed by atoms with Crippen LogP contribution < -0.4 is 16.8 Å². The third kappa shape index (κ3) is 5.61. The number of piperidine rings is 1. The van der Waals surface area contributed by atoms with Gasteiger partial charge in [-0.1, -0.05) is 42.5 Å². The van der Waals surface area contributed by atoms with E-state index in [0.717, 1.165) is 78.7 Å². The largest absolute Gasteiger partial charge is 0.402 e. The van der Waals surface area contributed by atoms with E-state index in [1.807, 2.05) is 24.3 Å². The fraction of sp³-hybridized carbons (Fsp3) is 0.486. The van der Waals surface area contributed by atoms with Gasteiger partial charge in [0.2, 0.25) is 11.8 Å². The van der Waals surface area contributed by atoms with Crippen molar-refractivity contribution >= 4 is 11.8 Å². The van der Waals surface area contributed by atoms with E-state index in [2.05, 4.69) is 48.2 Å². The highest BCUT2D eigenvalue weighted by Crippen LogP contribution is 2.55. The van der Waals surface area contributed by atoms with Gasteiger partial charge in [0, 0.05) is 22.9 Å². The number of allylic oxidation sites excluding steroid dienone is 1. The van der Waals surface area contributed by atoms with Gasteiger partial charge in [-0.05, 0) is 112 Å². The summed E-state index contributed by atoms with van der Waals surface area (Å²) >= 11 is 0. The molecule has 0 radical (unpaired) electrons. The fourth-order valence-electron chi connectivity index (χ4n) is 9.04. The number of carbonyl (C=O) groups is 2. The van der Waals surface area contributed by atoms with Crippen molar-refractivity contribution in [3.63, 3.8) is 0 Å². The maximum absolute atomic E-state index is 13.3. The predicted octanol–water partition coefficient (Wildman–Crippen LogP) is 4.11. The number of hydrogen-bond donors (Lipinski definition) is 4. The normalized spacial score (nSPS) is 29.1. The number of carbonyl (C=O) groups excluding carboxylic acids is 2. The Labute approximate surface area is 276 Å². The Morgan fingerprint density at radius 1 is 1.11 bits per heavy atom. The Bertz CT molecular complexity index is 1740. The topological polar surface area (TPSA) is 167 Å². The molecule has 7 rings (SSSR count). The van der Waals surface area contributed by atoms with Gasteiger partial charge >= 0.3 is 0 Å². The lowest BCUT2D eigenvalue weighted by atomic mass is 9.57. The summed E-state index contributed by atoms with van der Waals surface area (Å²) in [4.78, 5) is 32.7. The van der Waals surface area contributed by atoms with Crippen LogP contribution in [0.2, 0.25) is 0 Å². The fourth-order valence-corrected chi connectivity index (χ4v) is 9.04. The molecule has 2 amide bonds. The van der Waals surface area contributed by atoms with Gasteiger partial charge in [0.25, 0.3) is 0 Å². The number of primary amides is 1. The lowest BCUT2D eigenvalue weighted by Gasteiger charge is -2.47. The molecule has 4 aliphatic rings. The van der Waals surface area contributed by atoms with Crippen molar-refractivity contribution in [2.45, 2.75) is 75.8 Å². The first kappa shape index (κ1) is 31.1. The predicted molar refractivity (Wildman–Crippen MR) is 179 cm³/mol. The van der Waals surface area contributed by atoms with Crippen LogP contribution in [0.3, 0.4) is 0 Å². The molecular weight excluding hydrogens is 588 g/mol. The van der Waals surface area contributed by atoms with Gasteiger partial charge < -0.3 is 21.7 Å². The zero-order valence-corrected chi connectivity index (χ0v) is 27.0. The number of hydrogen-bond acceptors (Lipinski definition) is 7. The van der Waals surface area contributed by atoms with E-state index in [1.165, 1.54) is 0 Å². The average molecular weight is 633 g/mol. The summed E-state index contributed by atoms with van der Waals surface area (Å²) in [5.74, 6) is 2.25. The van der Waals surface area contributed by atoms with Gasteiger partial charge in [0.1, 0.15) is 11.9 Å². The number of aromatic amines is 1. The molecule has 2 heterocycles. The monoisotopic (exact) mass is 632 g/mol. The second kappa shape index (κ2) is 12.3. The van der Waals surface area contributed by atoms with Crippen LogP contribution in [0.5, 0.6) is 0 Å². The molecule has 2 saturated carbocycles. The number of amides is 2. The van der Waals surface area contributed by atoms with Gasteiger partial charge in [0.05, 0.1) is 18.0 Å². The summed E-state index contributed by atoms with van der Waals surface area (Å²) in [7, 11) is 0. The number of nitrogens with two attached hydrogens (primary N) is 2. The molecule has 5 unspecified atom stereocenters. The summed E-state index contributed by atoms with van der Waals surface area (Å²) in [6.45, 7) is 6.90. The van der Waals surface area contributed by atoms with Crippen LogP contribution in [0.25, 0.3) is 11.4 Å². The molecule has 244 valence electrons. The molecule has 1 saturated heterocycles. The average Bonchev–Trinajstić information content (AvgIpc) is 3.50. The van der Waals surface area contributed by atoms with Gasteiger partial charge in [-0.3, -0.25) is 14.7 Å². The zero-order valence-electron chi connectivity index (χ0n) is 27.0. The third-order valence-electron chi connectivity index (χ3n) is 11.5. The van der Waals surface area contributed by atoms with Crippen LogP contribution in [0, 0.1) is 41.9 Å². The smallest absolute Gasteiger partial charge is 0.248 e. The number of nitrogens with one attached hydrogen (secondary N) is 2. The number of fused-ring (bicyclic) bond motifs is 3. The Kier molecular flexibility index (Phi) is 8.13. The van der Waals surface area contributed by atoms with Crippen LogP contribution >= 0.6 is 0 Å². The van der Waals surface area contributed by atoms with Crippen LogP contribution in [0.4, 0.5) is 0 Å². The van der Waals surface area contributed by atoms with Crippen LogP contribution in [-0.4, -0.2) is 57.1 Å². The number of aromatic nitrogens is 3. The molecule has 0 spiro atoms. The maximum Gasteiger partial charge on any atom is 0.248 e. The summed E-state index contributed by atoms with van der Waals surface area (Å²) < 4.78 is 0. The Morgan fingerprint density at radius 2 is 1.91 bits per heavy atom. The molecule has 1 aliphatic heterocycles. The molecule has 2 aromatic carbocycles. The molecule has 0 bridgehead atoms. The summed E-state index contributed by atoms with van der Waals surface area (Å²) in [6, 6.07) is 16.3. The number of likely N-dealkylation sites (tertiary alicyclic amines) is 1. The van der Waals surface area contributed by atoms with Crippen LogP contribution in [0.1, 0.15) is 77.8 Å². The van der Waals surface area contributed by atoms with E-state index in [0.29, 0.717) is 36.2 Å². The lowest BCUT2D eigenvalue weighted by molar-refractivity contribution is -0.131. The number of H-pyrrole nitrogens is 1. The van der Waals surface area contributed by atoms with Crippen LogP contribution in [0.15, 0.2) is 54.7 Å². The quantitative estimate of drug-likeness (QED) is 0.258. The standard InChI is InChI=1S/C37H44N8O2/c1-21-3-5-23(6-4-21)35-42-36(44-43-35)37(13-14-41-20-33(46)45-29(19-38)17-28-18-32(28)45)30-11-9-24(22(2)39)15-25(30)7-8-26-16-27(34(40)47)10-12-31(26)37/h3-6,10,12,16,24-25,28-30,32,41H,2,7-9,11,13-15,17-18,20,39H2,1H3,(H2,40,47)(H,42,43,44)/t24?,25?,28-,29?,30?,32+,37?/m1/s1. The van der Waals surface area contributed by atoms with E-state index in [9.17, 15) is 14.9 Å². The number of nitrogens with zero attached hydrogens (tertiary/aromatic N) is 4. The molecule has 3 fully saturated rings. The molecule has 10 nitrogen and oxygen atoms in total. The maximum atomic E-state index is 13.3. The van der Waals surface area contributed by atoms with E-state index < -0.39 is 11.3 Å². The Balaban J connectivity index is 1.27. The van der Waals surface area contributed by atoms with Crippen molar-refractivity contribution in [2.75, 3.05) is 13.1 Å². The highest BCUT2D eigenvalue weighted by molar-refractivity contribution is 5.93. The van der Waals surface area contributed by atoms with E-state index in [-0.39, 0.29) is 36.4 Å². The molecule has 3 aromatic rings. The van der Waals surface area contributed by atoms with Gasteiger partial charge in [-0.25, -0.2) is 4.98 Å². The summed E-state index contributed by atoms with van der Waals surface area (Å²) in [6.07, 6.45) is 7.02. The number of nitriles is 1. The zero-order chi connectivity index (χ0) is 32.9. The van der Waals surface area contributed by atoms with Crippen molar-refractivity contribution in [3.05, 3.63) is 82.8 Å². The molecule has 47 heavy (non-hydrogen) atoms. The number of benzene rings is 2. The molecule has 6 N–H and O–H groups in total. The van der Waals surface area contributed by atoms with Crippen molar-refractivity contribution in [2.24, 2.45) is 35.1 Å². The molecule has 1 aromatic heterocycles. The number of aryl methyl sites for hydroxylation is 2. The van der Waals surface area contributed by atoms with Crippen molar-refractivity contribution in [3.8, 4) is 17.5 Å². The first-order chi connectivity index (χ1) is 22.7. The van der Waals surface area contributed by atoms with E-state index >= 15 is 0 Å². The van der Waals surface area contributed by atoms with Crippen molar-refractivity contribution in [1.82, 2.24) is 25.4 Å². The van der Waals surface area contributed by atoms with Crippen LogP contribution in [-0.2, 0) is 16.6 Å². The SMILES string of the molecule is C=C(N)C1CCC2C(CCc3cc(C(N)=O)ccc3C2(CCNCC(=O)N2C(C#N)C[C@@H]3C[C@@H]32)c2nc(-c3ccc(C)cc3)n[nH]2)C1. The molecule has 3 aliphatic carbocycles. The second-order valence-electron chi connectivity index (χ2n) is 14.2.